The van der Waals surface area contributed by atoms with E-state index in [1.807, 2.05) is 6.92 Å². The summed E-state index contributed by atoms with van der Waals surface area (Å²) in [6.45, 7) is 3.59. The summed E-state index contributed by atoms with van der Waals surface area (Å²) in [5.41, 5.74) is -2.43. The average Bonchev–Trinajstić information content (AvgIpc) is 3.08. The van der Waals surface area contributed by atoms with Crippen molar-refractivity contribution >= 4 is 29.7 Å². The van der Waals surface area contributed by atoms with E-state index < -0.39 is 54.0 Å². The highest BCUT2D eigenvalue weighted by molar-refractivity contribution is 5.90. The fourth-order valence-corrected chi connectivity index (χ4v) is 5.76. The molecule has 12 nitrogen and oxygen atoms in total. The van der Waals surface area contributed by atoms with Crippen molar-refractivity contribution in [2.24, 2.45) is 0 Å². The zero-order valence-corrected chi connectivity index (χ0v) is 28.7. The molecule has 0 unspecified atom stereocenters. The number of anilines is 2. The number of aliphatic carboxylic acids is 2. The molecule has 0 spiro atoms. The Kier molecular flexibility index (Phi) is 13.4. The van der Waals surface area contributed by atoms with E-state index in [4.69, 9.17) is 24.4 Å². The Balaban J connectivity index is 1.74. The van der Waals surface area contributed by atoms with E-state index in [2.05, 4.69) is 15.3 Å². The van der Waals surface area contributed by atoms with Gasteiger partial charge < -0.3 is 29.7 Å². The molecule has 1 aromatic heterocycles. The number of carboxylic acid groups (broad SMARTS) is 2. The molecule has 0 fully saturated rings. The molecular formula is C35H38F6N4O8. The topological polar surface area (TPSA) is 160 Å². The molecule has 288 valence electrons. The molecule has 2 heterocycles. The lowest BCUT2D eigenvalue weighted by molar-refractivity contribution is -0.143. The molecule has 4 rings (SSSR count). The number of carbonyl (C=O) groups excluding carboxylic acids is 1. The molecule has 0 aliphatic carbocycles. The van der Waals surface area contributed by atoms with Crippen molar-refractivity contribution in [3.63, 3.8) is 0 Å². The fraction of sp³-hybridized carbons (Fsp3) is 0.457. The van der Waals surface area contributed by atoms with Gasteiger partial charge in [-0.3, -0.25) is 14.5 Å². The van der Waals surface area contributed by atoms with Gasteiger partial charge in [0.2, 0.25) is 5.95 Å². The molecule has 1 aliphatic rings. The molecule has 0 bridgehead atoms. The van der Waals surface area contributed by atoms with E-state index in [-0.39, 0.29) is 80.6 Å². The maximum Gasteiger partial charge on any atom is 0.416 e. The number of amides is 1. The van der Waals surface area contributed by atoms with Crippen LogP contribution in [0.1, 0.15) is 86.4 Å². The van der Waals surface area contributed by atoms with Crippen LogP contribution in [0.5, 0.6) is 11.5 Å². The Bertz CT molecular complexity index is 1740. The molecule has 0 saturated heterocycles. The third-order valence-electron chi connectivity index (χ3n) is 8.19. The minimum Gasteiger partial charge on any atom is -0.494 e. The fourth-order valence-electron chi connectivity index (χ4n) is 5.76. The van der Waals surface area contributed by atoms with E-state index >= 15 is 0 Å². The number of fused-ring (bicyclic) bond motifs is 1. The van der Waals surface area contributed by atoms with Gasteiger partial charge in [-0.1, -0.05) is 6.92 Å². The van der Waals surface area contributed by atoms with Crippen LogP contribution in [0.15, 0.2) is 42.6 Å². The largest absolute Gasteiger partial charge is 0.494 e. The van der Waals surface area contributed by atoms with Crippen LogP contribution in [-0.2, 0) is 33.1 Å². The second kappa shape index (κ2) is 17.5. The van der Waals surface area contributed by atoms with E-state index in [9.17, 15) is 40.7 Å². The normalized spacial score (nSPS) is 15.7. The van der Waals surface area contributed by atoms with Gasteiger partial charge in [0.15, 0.2) is 5.75 Å². The number of benzene rings is 2. The quantitative estimate of drug-likeness (QED) is 0.0963. The summed E-state index contributed by atoms with van der Waals surface area (Å²) in [4.78, 5) is 45.3. The number of carbonyl (C=O) groups is 3. The number of rotatable bonds is 16. The van der Waals surface area contributed by atoms with Gasteiger partial charge in [0.1, 0.15) is 5.75 Å². The number of nitrogens with one attached hydrogen (secondary N) is 1. The summed E-state index contributed by atoms with van der Waals surface area (Å²) < 4.78 is 98.7. The molecule has 1 amide bonds. The van der Waals surface area contributed by atoms with Crippen molar-refractivity contribution in [1.29, 1.82) is 0 Å². The first-order valence-corrected chi connectivity index (χ1v) is 16.7. The zero-order valence-electron chi connectivity index (χ0n) is 28.7. The van der Waals surface area contributed by atoms with Crippen molar-refractivity contribution < 1.29 is 65.1 Å². The maximum absolute atomic E-state index is 13.7. The van der Waals surface area contributed by atoms with Crippen LogP contribution in [0.4, 0.5) is 42.8 Å². The number of halogens is 6. The minimum atomic E-state index is -5.08. The molecular weight excluding hydrogens is 718 g/mol. The van der Waals surface area contributed by atoms with Gasteiger partial charge in [-0.2, -0.15) is 26.3 Å². The van der Waals surface area contributed by atoms with Gasteiger partial charge in [0.25, 0.3) is 0 Å². The Morgan fingerprint density at radius 1 is 0.906 bits per heavy atom. The van der Waals surface area contributed by atoms with Crippen LogP contribution in [0.3, 0.4) is 0 Å². The van der Waals surface area contributed by atoms with Gasteiger partial charge in [-0.25, -0.2) is 14.8 Å². The molecule has 2 aromatic carbocycles. The van der Waals surface area contributed by atoms with E-state index in [1.165, 1.54) is 11.1 Å². The summed E-state index contributed by atoms with van der Waals surface area (Å²) in [7, 11) is 0. The van der Waals surface area contributed by atoms with E-state index in [0.717, 1.165) is 0 Å². The number of hydrogen-bond acceptors (Lipinski definition) is 9. The highest BCUT2D eigenvalue weighted by atomic mass is 19.4. The lowest BCUT2D eigenvalue weighted by atomic mass is 9.90. The van der Waals surface area contributed by atoms with E-state index in [1.54, 1.807) is 25.1 Å². The van der Waals surface area contributed by atoms with Crippen molar-refractivity contribution in [2.45, 2.75) is 83.2 Å². The van der Waals surface area contributed by atoms with Crippen LogP contribution in [0, 0.1) is 0 Å². The number of aromatic nitrogens is 2. The number of carboxylic acids is 2. The predicted octanol–water partition coefficient (Wildman–Crippen LogP) is 7.89. The Morgan fingerprint density at radius 2 is 1.53 bits per heavy atom. The Labute approximate surface area is 300 Å². The Hall–Kier alpha value is -5.29. The molecule has 3 aromatic rings. The highest BCUT2D eigenvalue weighted by Crippen LogP contribution is 2.42. The summed E-state index contributed by atoms with van der Waals surface area (Å²) >= 11 is 0. The predicted molar refractivity (Wildman–Crippen MR) is 177 cm³/mol. The average molecular weight is 757 g/mol. The summed E-state index contributed by atoms with van der Waals surface area (Å²) in [6.07, 6.45) is -9.39. The van der Waals surface area contributed by atoms with Crippen molar-refractivity contribution in [2.75, 3.05) is 30.0 Å². The molecule has 0 saturated carbocycles. The number of hydrogen-bond donors (Lipinski definition) is 3. The van der Waals surface area contributed by atoms with Crippen molar-refractivity contribution in [1.82, 2.24) is 9.97 Å². The van der Waals surface area contributed by atoms with Crippen LogP contribution in [-0.4, -0.2) is 64.1 Å². The Morgan fingerprint density at radius 3 is 2.09 bits per heavy atom. The molecule has 18 heteroatoms. The number of nitrogens with zero attached hydrogens (tertiary/aromatic N) is 3. The van der Waals surface area contributed by atoms with Crippen LogP contribution >= 0.6 is 0 Å². The third kappa shape index (κ3) is 11.1. The van der Waals surface area contributed by atoms with Gasteiger partial charge in [-0.05, 0) is 74.6 Å². The van der Waals surface area contributed by atoms with E-state index in [0.29, 0.717) is 42.0 Å². The van der Waals surface area contributed by atoms with Gasteiger partial charge >= 0.3 is 30.4 Å². The summed E-state index contributed by atoms with van der Waals surface area (Å²) in [5.74, 6) is -1.85. The van der Waals surface area contributed by atoms with Crippen LogP contribution in [0.2, 0.25) is 0 Å². The van der Waals surface area contributed by atoms with Gasteiger partial charge in [-0.15, -0.1) is 0 Å². The summed E-state index contributed by atoms with van der Waals surface area (Å²) in [5, 5.41) is 21.1. The molecule has 0 radical (unpaired) electrons. The molecule has 1 aliphatic heterocycles. The lowest BCUT2D eigenvalue weighted by Crippen LogP contribution is -2.46. The van der Waals surface area contributed by atoms with Gasteiger partial charge in [0, 0.05) is 30.9 Å². The first kappa shape index (κ1) is 40.5. The number of alkyl halides is 6. The smallest absolute Gasteiger partial charge is 0.416 e. The zero-order chi connectivity index (χ0) is 38.9. The van der Waals surface area contributed by atoms with Crippen LogP contribution in [0.25, 0.3) is 0 Å². The maximum atomic E-state index is 13.7. The second-order valence-electron chi connectivity index (χ2n) is 12.1. The first-order chi connectivity index (χ1) is 25.0. The molecule has 2 atom stereocenters. The summed E-state index contributed by atoms with van der Waals surface area (Å²) in [6, 6.07) is 5.14. The van der Waals surface area contributed by atoms with Gasteiger partial charge in [0.05, 0.1) is 54.6 Å². The monoisotopic (exact) mass is 756 g/mol. The van der Waals surface area contributed by atoms with Crippen LogP contribution < -0.4 is 19.7 Å². The highest BCUT2D eigenvalue weighted by Gasteiger charge is 2.38. The standard InChI is InChI=1S/C35H38F6N4O8/c1-3-23-17-26(25-18-24(52-11-5-7-30(46)47)9-10-28(25)45(23)33(50)51-4-2)43-32-42-19-29(53-12-6-8-31(48)49)27(44-32)15-20-13-21(34(36,37)38)16-22(14-20)35(39,40)41/h9-10,13-14,16,18-19,23,26H,3-8,11-12,15,17H2,1-2H3,(H,46,47)(H,48,49)(H,42,43,44)/t23-,26+/m1/s1. The lowest BCUT2D eigenvalue weighted by Gasteiger charge is -2.40. The molecule has 3 N–H and O–H groups in total. The number of ether oxygens (including phenoxy) is 3. The third-order valence-corrected chi connectivity index (χ3v) is 8.19. The first-order valence-electron chi connectivity index (χ1n) is 16.7. The van der Waals surface area contributed by atoms with Crippen molar-refractivity contribution in [3.8, 4) is 11.5 Å². The minimum absolute atomic E-state index is 0.0220. The SMILES string of the molecule is CCOC(=O)N1c2ccc(OCCCC(=O)O)cc2[C@@H](Nc2ncc(OCCCC(=O)O)c(Cc3cc(C(F)(F)F)cc(C(F)(F)F)c3)n2)C[C@H]1CC. The van der Waals surface area contributed by atoms with Crippen molar-refractivity contribution in [3.05, 3.63) is 70.5 Å². The second-order valence-corrected chi connectivity index (χ2v) is 12.1. The molecule has 53 heavy (non-hydrogen) atoms.